The van der Waals surface area contributed by atoms with Crippen LogP contribution < -0.4 is 5.73 Å². The van der Waals surface area contributed by atoms with Crippen molar-refractivity contribution in [1.82, 2.24) is 0 Å². The number of nitrogens with two attached hydrogens (primary N) is 1. The van der Waals surface area contributed by atoms with E-state index in [-0.39, 0.29) is 29.1 Å². The quantitative estimate of drug-likeness (QED) is 0.659. The molecule has 3 aliphatic rings. The van der Waals surface area contributed by atoms with Gasteiger partial charge in [-0.25, -0.2) is 0 Å². The first-order valence-corrected chi connectivity index (χ1v) is 4.86. The lowest BCUT2D eigenvalue weighted by Crippen LogP contribution is -2.69. The molecule has 2 heterocycles. The summed E-state index contributed by atoms with van der Waals surface area (Å²) in [5.41, 5.74) is 6.23. The summed E-state index contributed by atoms with van der Waals surface area (Å²) in [6.07, 6.45) is 4.51. The van der Waals surface area contributed by atoms with Crippen LogP contribution >= 0.6 is 12.4 Å². The van der Waals surface area contributed by atoms with Crippen LogP contribution in [0.3, 0.4) is 0 Å². The van der Waals surface area contributed by atoms with Gasteiger partial charge in [-0.1, -0.05) is 0 Å². The molecule has 0 aromatic heterocycles. The Labute approximate surface area is 86.6 Å². The Morgan fingerprint density at radius 2 is 1.46 bits per heavy atom. The molecule has 2 N–H and O–H groups in total. The van der Waals surface area contributed by atoms with Gasteiger partial charge in [0.1, 0.15) is 0 Å². The number of fused-ring (bicyclic) bond motifs is 3. The molecule has 2 nitrogen and oxygen atoms in total. The van der Waals surface area contributed by atoms with Gasteiger partial charge in [0, 0.05) is 5.54 Å². The fraction of sp³-hybridized carbons (Fsp3) is 1.00. The van der Waals surface area contributed by atoms with Crippen LogP contribution in [-0.2, 0) is 4.74 Å². The summed E-state index contributed by atoms with van der Waals surface area (Å²) >= 11 is 0. The molecule has 0 radical (unpaired) electrons. The molecule has 0 aromatic rings. The van der Waals surface area contributed by atoms with E-state index in [1.165, 1.54) is 0 Å². The smallest absolute Gasteiger partial charge is 0.0812 e. The van der Waals surface area contributed by atoms with Crippen LogP contribution in [0.15, 0.2) is 0 Å². The second kappa shape index (κ2) is 2.85. The average Bonchev–Trinajstić information content (AvgIpc) is 1.92. The van der Waals surface area contributed by atoms with E-state index in [1.54, 1.807) is 0 Å². The van der Waals surface area contributed by atoms with E-state index in [0.717, 1.165) is 25.7 Å². The van der Waals surface area contributed by atoms with Crippen molar-refractivity contribution in [3.8, 4) is 0 Å². The molecule has 0 amide bonds. The number of hydrogen-bond acceptors (Lipinski definition) is 2. The monoisotopic (exact) mass is 205 g/mol. The van der Waals surface area contributed by atoms with Crippen LogP contribution in [-0.4, -0.2) is 16.7 Å². The van der Waals surface area contributed by atoms with E-state index in [9.17, 15) is 0 Å². The maximum Gasteiger partial charge on any atom is 0.0812 e. The lowest BCUT2D eigenvalue weighted by molar-refractivity contribution is -0.238. The molecule has 0 atom stereocenters. The average molecular weight is 206 g/mol. The summed E-state index contributed by atoms with van der Waals surface area (Å²) < 4.78 is 6.04. The normalized spacial score (nSPS) is 47.1. The van der Waals surface area contributed by atoms with Crippen LogP contribution in [0.2, 0.25) is 0 Å². The number of halogens is 1. The summed E-state index contributed by atoms with van der Waals surface area (Å²) in [6, 6.07) is 0. The van der Waals surface area contributed by atoms with Gasteiger partial charge in [0.05, 0.1) is 11.2 Å². The molecule has 0 unspecified atom stereocenters. The van der Waals surface area contributed by atoms with Crippen molar-refractivity contribution in [3.63, 3.8) is 0 Å². The maximum atomic E-state index is 6.31. The van der Waals surface area contributed by atoms with Gasteiger partial charge in [-0.2, -0.15) is 0 Å². The van der Waals surface area contributed by atoms with E-state index in [0.29, 0.717) is 0 Å². The summed E-state index contributed by atoms with van der Waals surface area (Å²) in [4.78, 5) is 0. The third-order valence-electron chi connectivity index (χ3n) is 3.90. The van der Waals surface area contributed by atoms with Crippen molar-refractivity contribution >= 4 is 12.4 Å². The number of rotatable bonds is 0. The summed E-state index contributed by atoms with van der Waals surface area (Å²) in [6.45, 7) is 6.47. The minimum atomic E-state index is -0.127. The molecule has 0 spiro atoms. The highest BCUT2D eigenvalue weighted by Gasteiger charge is 2.55. The third kappa shape index (κ3) is 1.49. The van der Waals surface area contributed by atoms with Crippen LogP contribution in [0.5, 0.6) is 0 Å². The number of ether oxygens (including phenoxy) is 1. The van der Waals surface area contributed by atoms with Crippen LogP contribution in [0.4, 0.5) is 0 Å². The van der Waals surface area contributed by atoms with Crippen molar-refractivity contribution in [2.75, 3.05) is 0 Å². The predicted octanol–water partition coefficient (Wildman–Crippen LogP) is 2.25. The molecule has 2 saturated heterocycles. The lowest BCUT2D eigenvalue weighted by atomic mass is 9.64. The minimum absolute atomic E-state index is 0. The maximum absolute atomic E-state index is 6.31. The number of hydrogen-bond donors (Lipinski definition) is 1. The Morgan fingerprint density at radius 3 is 1.77 bits per heavy atom. The van der Waals surface area contributed by atoms with Gasteiger partial charge in [-0.15, -0.1) is 12.4 Å². The van der Waals surface area contributed by atoms with Gasteiger partial charge >= 0.3 is 0 Å². The fourth-order valence-electron chi connectivity index (χ4n) is 2.65. The Balaban J connectivity index is 0.000000845. The Morgan fingerprint density at radius 1 is 1.00 bits per heavy atom. The topological polar surface area (TPSA) is 35.2 Å². The van der Waals surface area contributed by atoms with E-state index in [1.807, 2.05) is 0 Å². The van der Waals surface area contributed by atoms with Crippen molar-refractivity contribution in [3.05, 3.63) is 0 Å². The first-order chi connectivity index (χ1) is 5.37. The molecule has 78 valence electrons. The Kier molecular flexibility index (Phi) is 2.47. The standard InChI is InChI=1S/C10H19NO.ClH/c1-8(2)10(11)6-4-9(3,12-8)5-7-10;/h4-7,11H2,1-3H3;1H. The molecule has 2 bridgehead atoms. The molecule has 1 aliphatic carbocycles. The van der Waals surface area contributed by atoms with E-state index < -0.39 is 0 Å². The van der Waals surface area contributed by atoms with E-state index in [2.05, 4.69) is 20.8 Å². The van der Waals surface area contributed by atoms with Gasteiger partial charge in [-0.05, 0) is 46.5 Å². The highest BCUT2D eigenvalue weighted by Crippen LogP contribution is 2.50. The van der Waals surface area contributed by atoms with Crippen LogP contribution in [0, 0.1) is 0 Å². The predicted molar refractivity (Wildman–Crippen MR) is 56.2 cm³/mol. The van der Waals surface area contributed by atoms with Gasteiger partial charge in [0.15, 0.2) is 0 Å². The zero-order chi connectivity index (χ0) is 9.04. The van der Waals surface area contributed by atoms with Crippen molar-refractivity contribution in [1.29, 1.82) is 0 Å². The molecule has 3 heteroatoms. The first-order valence-electron chi connectivity index (χ1n) is 4.86. The van der Waals surface area contributed by atoms with Gasteiger partial charge in [-0.3, -0.25) is 0 Å². The zero-order valence-corrected chi connectivity index (χ0v) is 9.54. The van der Waals surface area contributed by atoms with Crippen LogP contribution in [0.1, 0.15) is 46.5 Å². The highest BCUT2D eigenvalue weighted by molar-refractivity contribution is 5.85. The molecule has 3 fully saturated rings. The largest absolute Gasteiger partial charge is 0.368 e. The van der Waals surface area contributed by atoms with Crippen molar-refractivity contribution < 1.29 is 4.74 Å². The first kappa shape index (κ1) is 11.3. The molecule has 2 aliphatic heterocycles. The molecule has 3 rings (SSSR count). The summed E-state index contributed by atoms with van der Waals surface area (Å²) in [5, 5.41) is 0. The lowest BCUT2D eigenvalue weighted by Gasteiger charge is -2.59. The highest BCUT2D eigenvalue weighted by atomic mass is 35.5. The SMILES string of the molecule is CC12CCC(N)(CC1)C(C)(C)O2.Cl. The van der Waals surface area contributed by atoms with Crippen molar-refractivity contribution in [2.24, 2.45) is 5.73 Å². The molecular weight excluding hydrogens is 186 g/mol. The molecule has 1 saturated carbocycles. The van der Waals surface area contributed by atoms with Crippen molar-refractivity contribution in [2.45, 2.75) is 63.2 Å². The zero-order valence-electron chi connectivity index (χ0n) is 8.72. The molecule has 0 aromatic carbocycles. The summed E-state index contributed by atoms with van der Waals surface area (Å²) in [7, 11) is 0. The Bertz CT molecular complexity index is 207. The Hall–Kier alpha value is 0.210. The van der Waals surface area contributed by atoms with Gasteiger partial charge in [0.25, 0.3) is 0 Å². The third-order valence-corrected chi connectivity index (χ3v) is 3.90. The minimum Gasteiger partial charge on any atom is -0.368 e. The second-order valence-electron chi connectivity index (χ2n) is 5.22. The van der Waals surface area contributed by atoms with Gasteiger partial charge in [0.2, 0.25) is 0 Å². The molecule has 13 heavy (non-hydrogen) atoms. The summed E-state index contributed by atoms with van der Waals surface area (Å²) in [5.74, 6) is 0. The van der Waals surface area contributed by atoms with E-state index in [4.69, 9.17) is 10.5 Å². The van der Waals surface area contributed by atoms with Crippen LogP contribution in [0.25, 0.3) is 0 Å². The fourth-order valence-corrected chi connectivity index (χ4v) is 2.65. The second-order valence-corrected chi connectivity index (χ2v) is 5.22. The molecular formula is C10H20ClNO. The van der Waals surface area contributed by atoms with Gasteiger partial charge < -0.3 is 10.5 Å². The van der Waals surface area contributed by atoms with E-state index >= 15 is 0 Å².